The molecule has 1 aliphatic carbocycles. The number of ether oxygens (including phenoxy) is 1. The molecular weight excluding hydrogens is 597 g/mol. The second kappa shape index (κ2) is 13.8. The molecule has 0 heterocycles. The largest absolute Gasteiger partial charge is 0.497 e. The number of methoxy groups -OCH3 is 1. The fourth-order valence-corrected chi connectivity index (χ4v) is 6.66. The first kappa shape index (κ1) is 31.7. The Morgan fingerprint density at radius 1 is 0.976 bits per heavy atom. The molecule has 0 radical (unpaired) electrons. The maximum atomic E-state index is 14.1. The summed E-state index contributed by atoms with van der Waals surface area (Å²) in [4.78, 5) is 28.8. The molecule has 1 N–H and O–H groups in total. The smallest absolute Gasteiger partial charge is 0.264 e. The molecule has 11 heteroatoms. The van der Waals surface area contributed by atoms with Gasteiger partial charge in [0.05, 0.1) is 27.7 Å². The molecule has 0 aromatic heterocycles. The molecule has 0 aliphatic heterocycles. The van der Waals surface area contributed by atoms with Crippen LogP contribution in [0, 0.1) is 6.92 Å². The van der Waals surface area contributed by atoms with E-state index in [1.54, 1.807) is 61.5 Å². The van der Waals surface area contributed by atoms with Crippen LogP contribution >= 0.6 is 23.2 Å². The molecule has 42 heavy (non-hydrogen) atoms. The molecule has 2 amide bonds. The first-order valence-corrected chi connectivity index (χ1v) is 16.0. The molecule has 1 saturated carbocycles. The van der Waals surface area contributed by atoms with Crippen molar-refractivity contribution in [1.29, 1.82) is 0 Å². The van der Waals surface area contributed by atoms with Crippen molar-refractivity contribution in [2.45, 2.75) is 63.1 Å². The number of carbonyl (C=O) groups is 2. The van der Waals surface area contributed by atoms with Gasteiger partial charge in [0, 0.05) is 12.6 Å². The summed E-state index contributed by atoms with van der Waals surface area (Å²) in [7, 11) is -2.65. The Hall–Kier alpha value is -3.27. The van der Waals surface area contributed by atoms with Crippen LogP contribution in [0.2, 0.25) is 10.0 Å². The molecule has 0 unspecified atom stereocenters. The number of benzene rings is 3. The van der Waals surface area contributed by atoms with Gasteiger partial charge in [0.15, 0.2) is 0 Å². The molecule has 3 aromatic carbocycles. The molecule has 4 rings (SSSR count). The third-order valence-electron chi connectivity index (χ3n) is 7.45. The second-order valence-corrected chi connectivity index (χ2v) is 13.1. The number of amides is 2. The van der Waals surface area contributed by atoms with E-state index >= 15 is 0 Å². The topological polar surface area (TPSA) is 96.0 Å². The minimum atomic E-state index is -4.16. The minimum absolute atomic E-state index is 0.0238. The van der Waals surface area contributed by atoms with E-state index in [1.807, 2.05) is 6.92 Å². The lowest BCUT2D eigenvalue weighted by atomic mass is 10.1. The summed E-state index contributed by atoms with van der Waals surface area (Å²) in [6, 6.07) is 17.0. The number of nitrogens with zero attached hydrogens (tertiary/aromatic N) is 2. The van der Waals surface area contributed by atoms with Gasteiger partial charge in [-0.1, -0.05) is 59.8 Å². The number of hydrogen-bond donors (Lipinski definition) is 1. The summed E-state index contributed by atoms with van der Waals surface area (Å²) < 4.78 is 34.2. The van der Waals surface area contributed by atoms with E-state index in [4.69, 9.17) is 27.9 Å². The van der Waals surface area contributed by atoms with E-state index in [2.05, 4.69) is 5.32 Å². The zero-order valence-corrected chi connectivity index (χ0v) is 26.2. The molecule has 1 aliphatic rings. The van der Waals surface area contributed by atoms with Crippen molar-refractivity contribution in [3.63, 3.8) is 0 Å². The molecule has 0 spiro atoms. The van der Waals surface area contributed by atoms with Crippen molar-refractivity contribution in [1.82, 2.24) is 10.2 Å². The van der Waals surface area contributed by atoms with Gasteiger partial charge in [0.25, 0.3) is 10.0 Å². The van der Waals surface area contributed by atoms with E-state index in [1.165, 1.54) is 24.1 Å². The number of anilines is 1. The Morgan fingerprint density at radius 3 is 2.21 bits per heavy atom. The number of aryl methyl sites for hydroxylation is 1. The SMILES string of the molecule is COc1ccc(N(CC(=O)N(Cc2ccc(Cl)c(Cl)c2)[C@@H](C)C(=O)NC2CCCC2)S(=O)(=O)c2ccc(C)cc2)cc1. The van der Waals surface area contributed by atoms with E-state index in [-0.39, 0.29) is 29.1 Å². The van der Waals surface area contributed by atoms with Crippen LogP contribution in [-0.4, -0.2) is 50.9 Å². The van der Waals surface area contributed by atoms with Crippen molar-refractivity contribution < 1.29 is 22.7 Å². The first-order chi connectivity index (χ1) is 20.0. The highest BCUT2D eigenvalue weighted by Crippen LogP contribution is 2.28. The fourth-order valence-electron chi connectivity index (χ4n) is 4.92. The Morgan fingerprint density at radius 2 is 1.62 bits per heavy atom. The Kier molecular flexibility index (Phi) is 10.4. The average Bonchev–Trinajstić information content (AvgIpc) is 3.49. The van der Waals surface area contributed by atoms with Crippen LogP contribution in [-0.2, 0) is 26.2 Å². The maximum Gasteiger partial charge on any atom is 0.264 e. The van der Waals surface area contributed by atoms with E-state index < -0.39 is 28.5 Å². The van der Waals surface area contributed by atoms with Gasteiger partial charge >= 0.3 is 0 Å². The summed E-state index contributed by atoms with van der Waals surface area (Å²) in [6.07, 6.45) is 3.86. The van der Waals surface area contributed by atoms with Gasteiger partial charge in [0.2, 0.25) is 11.8 Å². The summed E-state index contributed by atoms with van der Waals surface area (Å²) in [5.74, 6) is -0.314. The van der Waals surface area contributed by atoms with Crippen molar-refractivity contribution in [2.75, 3.05) is 18.0 Å². The normalized spacial score (nSPS) is 14.3. The van der Waals surface area contributed by atoms with Crippen LogP contribution in [0.15, 0.2) is 71.6 Å². The van der Waals surface area contributed by atoms with Gasteiger partial charge in [-0.15, -0.1) is 0 Å². The lowest BCUT2D eigenvalue weighted by molar-refractivity contribution is -0.139. The van der Waals surface area contributed by atoms with E-state index in [0.29, 0.717) is 21.4 Å². The zero-order chi connectivity index (χ0) is 30.4. The van der Waals surface area contributed by atoms with Crippen molar-refractivity contribution in [2.24, 2.45) is 0 Å². The number of carbonyl (C=O) groups excluding carboxylic acids is 2. The molecule has 0 saturated heterocycles. The average molecular weight is 633 g/mol. The van der Waals surface area contributed by atoms with E-state index in [9.17, 15) is 18.0 Å². The third kappa shape index (κ3) is 7.56. The fraction of sp³-hybridized carbons (Fsp3) is 0.355. The van der Waals surface area contributed by atoms with Gasteiger partial charge in [-0.3, -0.25) is 13.9 Å². The van der Waals surface area contributed by atoms with Gasteiger partial charge < -0.3 is 15.0 Å². The predicted octanol–water partition coefficient (Wildman–Crippen LogP) is 5.98. The van der Waals surface area contributed by atoms with Crippen LogP contribution in [0.1, 0.15) is 43.7 Å². The Bertz CT molecular complexity index is 1510. The quantitative estimate of drug-likeness (QED) is 0.281. The minimum Gasteiger partial charge on any atom is -0.497 e. The Labute approximate surface area is 257 Å². The molecule has 0 bridgehead atoms. The highest BCUT2D eigenvalue weighted by Gasteiger charge is 2.33. The van der Waals surface area contributed by atoms with Crippen LogP contribution in [0.5, 0.6) is 5.75 Å². The van der Waals surface area contributed by atoms with Gasteiger partial charge in [-0.2, -0.15) is 0 Å². The first-order valence-electron chi connectivity index (χ1n) is 13.8. The zero-order valence-electron chi connectivity index (χ0n) is 23.8. The van der Waals surface area contributed by atoms with Crippen molar-refractivity contribution >= 4 is 50.7 Å². The number of hydrogen-bond acceptors (Lipinski definition) is 5. The van der Waals surface area contributed by atoms with Crippen molar-refractivity contribution in [3.05, 3.63) is 87.9 Å². The van der Waals surface area contributed by atoms with Gasteiger partial charge in [-0.25, -0.2) is 8.42 Å². The molecule has 3 aromatic rings. The molecule has 8 nitrogen and oxygen atoms in total. The summed E-state index contributed by atoms with van der Waals surface area (Å²) in [6.45, 7) is 2.99. The van der Waals surface area contributed by atoms with Gasteiger partial charge in [-0.05, 0) is 80.8 Å². The summed E-state index contributed by atoms with van der Waals surface area (Å²) in [5, 5.41) is 3.73. The number of nitrogens with one attached hydrogen (secondary N) is 1. The summed E-state index contributed by atoms with van der Waals surface area (Å²) in [5.41, 5.74) is 1.83. The molecule has 1 fully saturated rings. The van der Waals surface area contributed by atoms with Crippen molar-refractivity contribution in [3.8, 4) is 5.75 Å². The van der Waals surface area contributed by atoms with Crippen LogP contribution in [0.3, 0.4) is 0 Å². The standard InChI is InChI=1S/C31H35Cl2N3O5S/c1-21-8-15-27(16-9-21)42(39,40)36(25-11-13-26(41-3)14-12-25)20-30(37)35(19-23-10-17-28(32)29(33)18-23)22(2)31(38)34-24-6-4-5-7-24/h8-18,22,24H,4-7,19-20H2,1-3H3,(H,34,38)/t22-/m0/s1. The van der Waals surface area contributed by atoms with Crippen LogP contribution < -0.4 is 14.4 Å². The van der Waals surface area contributed by atoms with Crippen LogP contribution in [0.4, 0.5) is 5.69 Å². The lowest BCUT2D eigenvalue weighted by Gasteiger charge is -2.32. The number of halogens is 2. The molecular formula is C31H35Cl2N3O5S. The number of rotatable bonds is 11. The highest BCUT2D eigenvalue weighted by atomic mass is 35.5. The monoisotopic (exact) mass is 631 g/mol. The lowest BCUT2D eigenvalue weighted by Crippen LogP contribution is -2.52. The third-order valence-corrected chi connectivity index (χ3v) is 9.98. The molecule has 1 atom stereocenters. The second-order valence-electron chi connectivity index (χ2n) is 10.5. The Balaban J connectivity index is 1.70. The van der Waals surface area contributed by atoms with Gasteiger partial charge in [0.1, 0.15) is 18.3 Å². The summed E-state index contributed by atoms with van der Waals surface area (Å²) >= 11 is 12.4. The predicted molar refractivity (Wildman–Crippen MR) is 166 cm³/mol. The van der Waals surface area contributed by atoms with Crippen LogP contribution in [0.25, 0.3) is 0 Å². The number of sulfonamides is 1. The highest BCUT2D eigenvalue weighted by molar-refractivity contribution is 7.92. The maximum absolute atomic E-state index is 14.1. The van der Waals surface area contributed by atoms with E-state index in [0.717, 1.165) is 35.6 Å². The molecule has 224 valence electrons.